The van der Waals surface area contributed by atoms with Crippen LogP contribution in [0.25, 0.3) is 109 Å². The Hall–Kier alpha value is -6.44. The van der Waals surface area contributed by atoms with Crippen LogP contribution in [0.3, 0.4) is 0 Å². The minimum atomic E-state index is 0.914. The quantitative estimate of drug-likeness (QED) is 0.138. The third-order valence-electron chi connectivity index (χ3n) is 10.6. The van der Waals surface area contributed by atoms with E-state index in [1.165, 1.54) is 81.5 Å². The average molecular weight is 621 g/mol. The van der Waals surface area contributed by atoms with Crippen LogP contribution >= 0.6 is 0 Å². The maximum Gasteiger partial charge on any atom is 0.143 e. The summed E-state index contributed by atoms with van der Waals surface area (Å²) in [5.74, 6) is 0. The lowest BCUT2D eigenvalue weighted by molar-refractivity contribution is 0.672. The van der Waals surface area contributed by atoms with Crippen LogP contribution in [0.1, 0.15) is 0 Å². The molecule has 11 rings (SSSR count). The van der Waals surface area contributed by atoms with E-state index < -0.39 is 0 Å². The number of fused-ring (bicyclic) bond motifs is 12. The summed E-state index contributed by atoms with van der Waals surface area (Å²) in [6, 6.07) is 62.2. The fourth-order valence-corrected chi connectivity index (χ4v) is 8.40. The van der Waals surface area contributed by atoms with Gasteiger partial charge in [0.05, 0.1) is 0 Å². The zero-order chi connectivity index (χ0) is 32.1. The maximum absolute atomic E-state index is 6.49. The van der Waals surface area contributed by atoms with Crippen LogP contribution in [0.15, 0.2) is 174 Å². The van der Waals surface area contributed by atoms with E-state index >= 15 is 0 Å². The molecule has 0 aliphatic rings. The van der Waals surface area contributed by atoms with E-state index in [1.54, 1.807) is 0 Å². The van der Waals surface area contributed by atoms with Crippen LogP contribution in [0.2, 0.25) is 0 Å². The Morgan fingerprint density at radius 3 is 1.45 bits per heavy atom. The van der Waals surface area contributed by atoms with E-state index in [4.69, 9.17) is 4.42 Å². The van der Waals surface area contributed by atoms with E-state index in [2.05, 4.69) is 170 Å². The standard InChI is InChI=1S/C48H28O/c1-3-11-35-29(9-1)17-18-31-19-20-32-27-33(22-24-36(32)45(31)35)46-38-13-5-7-15-40(38)47(41-16-8-6-14-39(41)46)34-23-26-44-43(28-34)42-25-21-30-10-2-4-12-37(30)48(42)49-44/h1-28H. The van der Waals surface area contributed by atoms with Gasteiger partial charge in [-0.3, -0.25) is 0 Å². The Bertz CT molecular complexity index is 3100. The van der Waals surface area contributed by atoms with Crippen molar-refractivity contribution in [3.8, 4) is 22.3 Å². The first-order chi connectivity index (χ1) is 24.3. The van der Waals surface area contributed by atoms with Crippen molar-refractivity contribution >= 4 is 86.6 Å². The monoisotopic (exact) mass is 620 g/mol. The molecule has 0 aliphatic heterocycles. The molecule has 0 amide bonds. The number of hydrogen-bond acceptors (Lipinski definition) is 1. The Labute approximate surface area is 282 Å². The SMILES string of the molecule is c1ccc2c(c1)ccc1c3cc(-c4c5ccccc5c(-c5ccc6c(ccc7ccc8ccccc8c76)c5)c5ccccc45)ccc3oc21. The highest BCUT2D eigenvalue weighted by atomic mass is 16.3. The fraction of sp³-hybridized carbons (Fsp3) is 0. The van der Waals surface area contributed by atoms with Gasteiger partial charge >= 0.3 is 0 Å². The Balaban J connectivity index is 1.18. The summed E-state index contributed by atoms with van der Waals surface area (Å²) < 4.78 is 6.49. The number of hydrogen-bond donors (Lipinski definition) is 0. The summed E-state index contributed by atoms with van der Waals surface area (Å²) in [5.41, 5.74) is 6.82. The highest BCUT2D eigenvalue weighted by Gasteiger charge is 2.19. The third-order valence-corrected chi connectivity index (χ3v) is 10.6. The minimum absolute atomic E-state index is 0.914. The van der Waals surface area contributed by atoms with Gasteiger partial charge in [0.2, 0.25) is 0 Å². The normalized spacial score (nSPS) is 12.1. The van der Waals surface area contributed by atoms with Crippen molar-refractivity contribution in [1.82, 2.24) is 0 Å². The first-order valence-electron chi connectivity index (χ1n) is 16.9. The highest BCUT2D eigenvalue weighted by Crippen LogP contribution is 2.46. The second-order valence-electron chi connectivity index (χ2n) is 13.2. The van der Waals surface area contributed by atoms with Crippen LogP contribution in [-0.4, -0.2) is 0 Å². The average Bonchev–Trinajstić information content (AvgIpc) is 3.55. The molecule has 1 aromatic heterocycles. The molecule has 49 heavy (non-hydrogen) atoms. The molecule has 0 unspecified atom stereocenters. The maximum atomic E-state index is 6.49. The van der Waals surface area contributed by atoms with Crippen molar-refractivity contribution in [2.75, 3.05) is 0 Å². The van der Waals surface area contributed by atoms with Gasteiger partial charge in [0.25, 0.3) is 0 Å². The number of furan rings is 1. The van der Waals surface area contributed by atoms with E-state index in [0.717, 1.165) is 27.3 Å². The molecule has 1 heteroatoms. The second kappa shape index (κ2) is 10.0. The van der Waals surface area contributed by atoms with Crippen LogP contribution in [0.5, 0.6) is 0 Å². The molecule has 1 heterocycles. The van der Waals surface area contributed by atoms with Gasteiger partial charge in [0, 0.05) is 16.2 Å². The van der Waals surface area contributed by atoms with Gasteiger partial charge in [-0.05, 0) is 106 Å². The molecule has 10 aromatic carbocycles. The Morgan fingerprint density at radius 2 is 0.755 bits per heavy atom. The number of benzene rings is 10. The molecule has 0 aliphatic carbocycles. The van der Waals surface area contributed by atoms with Crippen molar-refractivity contribution < 1.29 is 4.42 Å². The lowest BCUT2D eigenvalue weighted by Gasteiger charge is -2.18. The zero-order valence-corrected chi connectivity index (χ0v) is 26.6. The lowest BCUT2D eigenvalue weighted by atomic mass is 9.85. The van der Waals surface area contributed by atoms with E-state index in [-0.39, 0.29) is 0 Å². The molecule has 0 saturated carbocycles. The molecule has 0 atom stereocenters. The van der Waals surface area contributed by atoms with Gasteiger partial charge in [-0.15, -0.1) is 0 Å². The molecule has 0 saturated heterocycles. The molecular formula is C48H28O. The van der Waals surface area contributed by atoms with Gasteiger partial charge in [0.1, 0.15) is 11.2 Å². The predicted octanol–water partition coefficient (Wildman–Crippen LogP) is 13.8. The largest absolute Gasteiger partial charge is 0.455 e. The molecule has 0 radical (unpaired) electrons. The van der Waals surface area contributed by atoms with Gasteiger partial charge < -0.3 is 4.42 Å². The van der Waals surface area contributed by atoms with Crippen molar-refractivity contribution in [3.63, 3.8) is 0 Å². The molecule has 11 aromatic rings. The minimum Gasteiger partial charge on any atom is -0.455 e. The van der Waals surface area contributed by atoms with Crippen LogP contribution < -0.4 is 0 Å². The highest BCUT2D eigenvalue weighted by molar-refractivity contribution is 6.24. The summed E-state index contributed by atoms with van der Waals surface area (Å²) in [6.45, 7) is 0. The van der Waals surface area contributed by atoms with Crippen LogP contribution in [-0.2, 0) is 0 Å². The van der Waals surface area contributed by atoms with Crippen molar-refractivity contribution in [2.24, 2.45) is 0 Å². The Kier molecular flexibility index (Phi) is 5.45. The molecule has 1 nitrogen and oxygen atoms in total. The van der Waals surface area contributed by atoms with E-state index in [1.807, 2.05) is 0 Å². The summed E-state index contributed by atoms with van der Waals surface area (Å²) in [6.07, 6.45) is 0. The van der Waals surface area contributed by atoms with Crippen LogP contribution in [0.4, 0.5) is 0 Å². The summed E-state index contributed by atoms with van der Waals surface area (Å²) in [5, 5.41) is 17.3. The van der Waals surface area contributed by atoms with Crippen molar-refractivity contribution in [3.05, 3.63) is 170 Å². The predicted molar refractivity (Wildman–Crippen MR) is 210 cm³/mol. The zero-order valence-electron chi connectivity index (χ0n) is 26.6. The van der Waals surface area contributed by atoms with Gasteiger partial charge in [-0.1, -0.05) is 146 Å². The first kappa shape index (κ1) is 26.6. The smallest absolute Gasteiger partial charge is 0.143 e. The molecule has 0 fully saturated rings. The molecule has 0 spiro atoms. The molecule has 0 N–H and O–H groups in total. The molecular weight excluding hydrogens is 593 g/mol. The fourth-order valence-electron chi connectivity index (χ4n) is 8.40. The summed E-state index contributed by atoms with van der Waals surface area (Å²) >= 11 is 0. The van der Waals surface area contributed by atoms with Crippen molar-refractivity contribution in [2.45, 2.75) is 0 Å². The van der Waals surface area contributed by atoms with Gasteiger partial charge in [-0.2, -0.15) is 0 Å². The van der Waals surface area contributed by atoms with Crippen LogP contribution in [0, 0.1) is 0 Å². The molecule has 0 bridgehead atoms. The van der Waals surface area contributed by atoms with E-state index in [9.17, 15) is 0 Å². The van der Waals surface area contributed by atoms with Gasteiger partial charge in [0.15, 0.2) is 0 Å². The van der Waals surface area contributed by atoms with Gasteiger partial charge in [-0.25, -0.2) is 0 Å². The molecule has 226 valence electrons. The van der Waals surface area contributed by atoms with E-state index in [0.29, 0.717) is 0 Å². The third kappa shape index (κ3) is 3.82. The Morgan fingerprint density at radius 1 is 0.286 bits per heavy atom. The first-order valence-corrected chi connectivity index (χ1v) is 16.9. The number of rotatable bonds is 2. The summed E-state index contributed by atoms with van der Waals surface area (Å²) in [7, 11) is 0. The topological polar surface area (TPSA) is 13.1 Å². The lowest BCUT2D eigenvalue weighted by Crippen LogP contribution is -1.91. The second-order valence-corrected chi connectivity index (χ2v) is 13.2. The summed E-state index contributed by atoms with van der Waals surface area (Å²) in [4.78, 5) is 0. The van der Waals surface area contributed by atoms with Crippen molar-refractivity contribution in [1.29, 1.82) is 0 Å².